The summed E-state index contributed by atoms with van der Waals surface area (Å²) in [6, 6.07) is 1.34. The van der Waals surface area contributed by atoms with E-state index in [4.69, 9.17) is 5.73 Å². The molecule has 0 radical (unpaired) electrons. The van der Waals surface area contributed by atoms with Crippen molar-refractivity contribution in [1.29, 1.82) is 0 Å². The third-order valence-electron chi connectivity index (χ3n) is 1.84. The number of hydrogen-bond acceptors (Lipinski definition) is 2. The van der Waals surface area contributed by atoms with Gasteiger partial charge in [0.1, 0.15) is 0 Å². The van der Waals surface area contributed by atoms with Crippen molar-refractivity contribution in [2.75, 3.05) is 12.4 Å². The summed E-state index contributed by atoms with van der Waals surface area (Å²) in [6.45, 7) is 0.0104. The van der Waals surface area contributed by atoms with E-state index in [1.165, 1.54) is 7.05 Å². The molecule has 15 heavy (non-hydrogen) atoms. The standard InChI is InChI=1S/C9H11F2N3O/c1-13-9(15)14-8-3-7(11)6(10)2-5(8)4-12/h2-3H,4,12H2,1H3,(H2,13,14,15). The molecule has 0 aliphatic carbocycles. The van der Waals surface area contributed by atoms with Crippen molar-refractivity contribution < 1.29 is 13.6 Å². The maximum absolute atomic E-state index is 12.9. The Hall–Kier alpha value is -1.69. The van der Waals surface area contributed by atoms with Gasteiger partial charge in [-0.2, -0.15) is 0 Å². The molecule has 2 amide bonds. The van der Waals surface area contributed by atoms with Gasteiger partial charge in [-0.1, -0.05) is 0 Å². The number of hydrogen-bond donors (Lipinski definition) is 3. The average Bonchev–Trinajstić information content (AvgIpc) is 2.22. The molecule has 0 aliphatic heterocycles. The van der Waals surface area contributed by atoms with Crippen molar-refractivity contribution in [2.24, 2.45) is 5.73 Å². The van der Waals surface area contributed by atoms with E-state index < -0.39 is 17.7 Å². The minimum atomic E-state index is -1.03. The van der Waals surface area contributed by atoms with Gasteiger partial charge in [0.15, 0.2) is 11.6 Å². The van der Waals surface area contributed by atoms with Crippen molar-refractivity contribution in [1.82, 2.24) is 5.32 Å². The Bertz CT molecular complexity index is 382. The molecular formula is C9H11F2N3O. The zero-order valence-corrected chi connectivity index (χ0v) is 8.10. The molecule has 6 heteroatoms. The Kier molecular flexibility index (Phi) is 3.56. The number of carbonyl (C=O) groups is 1. The lowest BCUT2D eigenvalue weighted by atomic mass is 10.1. The highest BCUT2D eigenvalue weighted by molar-refractivity contribution is 5.89. The molecule has 0 atom stereocenters. The number of urea groups is 1. The van der Waals surface area contributed by atoms with Crippen molar-refractivity contribution in [3.05, 3.63) is 29.3 Å². The number of rotatable bonds is 2. The van der Waals surface area contributed by atoms with Crippen LogP contribution in [0.2, 0.25) is 0 Å². The highest BCUT2D eigenvalue weighted by Gasteiger charge is 2.10. The Labute approximate surface area is 85.5 Å². The van der Waals surface area contributed by atoms with Crippen molar-refractivity contribution in [3.63, 3.8) is 0 Å². The van der Waals surface area contributed by atoms with Crippen LogP contribution in [0.3, 0.4) is 0 Å². The van der Waals surface area contributed by atoms with Gasteiger partial charge >= 0.3 is 6.03 Å². The van der Waals surface area contributed by atoms with Crippen molar-refractivity contribution in [2.45, 2.75) is 6.54 Å². The molecule has 1 rings (SSSR count). The predicted octanol–water partition coefficient (Wildman–Crippen LogP) is 1.17. The molecule has 0 aromatic heterocycles. The number of benzene rings is 1. The van der Waals surface area contributed by atoms with Crippen molar-refractivity contribution >= 4 is 11.7 Å². The summed E-state index contributed by atoms with van der Waals surface area (Å²) in [4.78, 5) is 11.0. The van der Waals surface area contributed by atoms with Gasteiger partial charge in [-0.15, -0.1) is 0 Å². The molecule has 0 saturated heterocycles. The maximum Gasteiger partial charge on any atom is 0.318 e. The van der Waals surface area contributed by atoms with E-state index in [0.29, 0.717) is 5.56 Å². The molecule has 4 nitrogen and oxygen atoms in total. The number of halogens is 2. The lowest BCUT2D eigenvalue weighted by Gasteiger charge is -2.09. The van der Waals surface area contributed by atoms with Crippen molar-refractivity contribution in [3.8, 4) is 0 Å². The smallest absolute Gasteiger partial charge is 0.318 e. The SMILES string of the molecule is CNC(=O)Nc1cc(F)c(F)cc1CN. The molecule has 82 valence electrons. The Morgan fingerprint density at radius 1 is 1.40 bits per heavy atom. The largest absolute Gasteiger partial charge is 0.341 e. The third kappa shape index (κ3) is 2.63. The van der Waals surface area contributed by atoms with Crippen LogP contribution < -0.4 is 16.4 Å². The van der Waals surface area contributed by atoms with Crippen LogP contribution in [0.1, 0.15) is 5.56 Å². The van der Waals surface area contributed by atoms with Gasteiger partial charge in [0.25, 0.3) is 0 Å². The van der Waals surface area contributed by atoms with Crippen LogP contribution in [0.15, 0.2) is 12.1 Å². The van der Waals surface area contributed by atoms with Gasteiger partial charge in [-0.25, -0.2) is 13.6 Å². The van der Waals surface area contributed by atoms with Gasteiger partial charge < -0.3 is 16.4 Å². The van der Waals surface area contributed by atoms with Crippen LogP contribution >= 0.6 is 0 Å². The second-order valence-electron chi connectivity index (χ2n) is 2.83. The maximum atomic E-state index is 12.9. The summed E-state index contributed by atoms with van der Waals surface area (Å²) in [5, 5.41) is 4.63. The van der Waals surface area contributed by atoms with Crippen LogP contribution in [-0.2, 0) is 6.54 Å². The minimum absolute atomic E-state index is 0.0104. The summed E-state index contributed by atoms with van der Waals surface area (Å²) in [5.41, 5.74) is 5.82. The van der Waals surface area contributed by atoms with E-state index in [1.807, 2.05) is 0 Å². The fourth-order valence-corrected chi connectivity index (χ4v) is 1.06. The highest BCUT2D eigenvalue weighted by atomic mass is 19.2. The molecule has 0 unspecified atom stereocenters. The lowest BCUT2D eigenvalue weighted by molar-refractivity contribution is 0.254. The molecule has 1 aromatic rings. The molecule has 0 fully saturated rings. The van der Waals surface area contributed by atoms with E-state index in [0.717, 1.165) is 12.1 Å². The van der Waals surface area contributed by atoms with E-state index in [9.17, 15) is 13.6 Å². The molecular weight excluding hydrogens is 204 g/mol. The van der Waals surface area contributed by atoms with Crippen LogP contribution in [0.5, 0.6) is 0 Å². The number of carbonyl (C=O) groups excluding carboxylic acids is 1. The van der Waals surface area contributed by atoms with Gasteiger partial charge in [-0.3, -0.25) is 0 Å². The van der Waals surface area contributed by atoms with E-state index in [1.54, 1.807) is 0 Å². The highest BCUT2D eigenvalue weighted by Crippen LogP contribution is 2.19. The fraction of sp³-hybridized carbons (Fsp3) is 0.222. The first-order valence-corrected chi connectivity index (χ1v) is 4.25. The predicted molar refractivity (Wildman–Crippen MR) is 52.3 cm³/mol. The molecule has 0 heterocycles. The van der Waals surface area contributed by atoms with E-state index >= 15 is 0 Å². The van der Waals surface area contributed by atoms with E-state index in [2.05, 4.69) is 10.6 Å². The van der Waals surface area contributed by atoms with Gasteiger partial charge in [-0.05, 0) is 11.6 Å². The quantitative estimate of drug-likeness (QED) is 0.693. The molecule has 0 aliphatic rings. The van der Waals surface area contributed by atoms with E-state index in [-0.39, 0.29) is 12.2 Å². The van der Waals surface area contributed by atoms with Gasteiger partial charge in [0.2, 0.25) is 0 Å². The molecule has 0 saturated carbocycles. The van der Waals surface area contributed by atoms with Crippen LogP contribution in [-0.4, -0.2) is 13.1 Å². The third-order valence-corrected chi connectivity index (χ3v) is 1.84. The normalized spacial score (nSPS) is 9.87. The summed E-state index contributed by atoms with van der Waals surface area (Å²) < 4.78 is 25.7. The molecule has 1 aromatic carbocycles. The van der Waals surface area contributed by atoms with Crippen LogP contribution in [0, 0.1) is 11.6 Å². The summed E-state index contributed by atoms with van der Waals surface area (Å²) in [6.07, 6.45) is 0. The monoisotopic (exact) mass is 215 g/mol. The lowest BCUT2D eigenvalue weighted by Crippen LogP contribution is -2.25. The molecule has 0 spiro atoms. The number of anilines is 1. The topological polar surface area (TPSA) is 67.2 Å². The minimum Gasteiger partial charge on any atom is -0.341 e. The molecule has 4 N–H and O–H groups in total. The van der Waals surface area contributed by atoms with Crippen LogP contribution in [0.25, 0.3) is 0 Å². The van der Waals surface area contributed by atoms with Gasteiger partial charge in [0.05, 0.1) is 0 Å². The summed E-state index contributed by atoms with van der Waals surface area (Å²) in [5.74, 6) is -2.02. The van der Waals surface area contributed by atoms with Crippen LogP contribution in [0.4, 0.5) is 19.3 Å². The fourth-order valence-electron chi connectivity index (χ4n) is 1.06. The van der Waals surface area contributed by atoms with Gasteiger partial charge in [0, 0.05) is 25.3 Å². The summed E-state index contributed by atoms with van der Waals surface area (Å²) >= 11 is 0. The molecule has 0 bridgehead atoms. The Morgan fingerprint density at radius 2 is 2.00 bits per heavy atom. The first-order valence-electron chi connectivity index (χ1n) is 4.25. The Morgan fingerprint density at radius 3 is 2.53 bits per heavy atom. The first kappa shape index (κ1) is 11.4. The second kappa shape index (κ2) is 4.70. The second-order valence-corrected chi connectivity index (χ2v) is 2.83. The average molecular weight is 215 g/mol. The number of nitrogens with two attached hydrogens (primary N) is 1. The first-order chi connectivity index (χ1) is 7.08. The number of nitrogens with one attached hydrogen (secondary N) is 2. The summed E-state index contributed by atoms with van der Waals surface area (Å²) in [7, 11) is 1.41. The zero-order chi connectivity index (χ0) is 11.4. The zero-order valence-electron chi connectivity index (χ0n) is 8.10. The Balaban J connectivity index is 3.05. The number of amides is 2.